The number of likely N-dealkylation sites (tertiary alicyclic amines) is 1. The largest absolute Gasteiger partial charge is 0.451 e. The predicted molar refractivity (Wildman–Crippen MR) is 109 cm³/mol. The average Bonchev–Trinajstić information content (AvgIpc) is 3.18. The van der Waals surface area contributed by atoms with Gasteiger partial charge in [-0.1, -0.05) is 31.2 Å². The van der Waals surface area contributed by atoms with Crippen molar-refractivity contribution in [2.24, 2.45) is 5.73 Å². The molecule has 6 heteroatoms. The number of carbonyl (C=O) groups is 1. The standard InChI is InChI=1S/C21H28N2O3.ClH/c1-2-16-4-6-17(7-5-16)19-8-9-20(26-19)21(24)23-13-10-18(11-14-23)25-15-3-12-22;/h4-9,18H,2-3,10-15,22H2,1H3;1H. The molecule has 27 heavy (non-hydrogen) atoms. The molecule has 2 N–H and O–H groups in total. The van der Waals surface area contributed by atoms with Crippen molar-refractivity contribution in [3.05, 3.63) is 47.7 Å². The zero-order valence-corrected chi connectivity index (χ0v) is 16.7. The number of hydrogen-bond acceptors (Lipinski definition) is 4. The fourth-order valence-corrected chi connectivity index (χ4v) is 3.23. The third-order valence-electron chi connectivity index (χ3n) is 4.89. The maximum atomic E-state index is 12.7. The van der Waals surface area contributed by atoms with Gasteiger partial charge >= 0.3 is 0 Å². The van der Waals surface area contributed by atoms with E-state index in [1.807, 2.05) is 23.1 Å². The summed E-state index contributed by atoms with van der Waals surface area (Å²) in [5, 5.41) is 0. The zero-order chi connectivity index (χ0) is 18.4. The topological polar surface area (TPSA) is 68.7 Å². The molecule has 2 aromatic rings. The van der Waals surface area contributed by atoms with Crippen LogP contribution in [0.15, 0.2) is 40.8 Å². The predicted octanol–water partition coefficient (Wildman–Crippen LogP) is 3.90. The summed E-state index contributed by atoms with van der Waals surface area (Å²) < 4.78 is 11.6. The molecule has 0 spiro atoms. The third kappa shape index (κ3) is 5.58. The van der Waals surface area contributed by atoms with Crippen molar-refractivity contribution < 1.29 is 13.9 Å². The zero-order valence-electron chi connectivity index (χ0n) is 15.9. The van der Waals surface area contributed by atoms with E-state index in [4.69, 9.17) is 14.9 Å². The minimum Gasteiger partial charge on any atom is -0.451 e. The van der Waals surface area contributed by atoms with Crippen LogP contribution in [0, 0.1) is 0 Å². The van der Waals surface area contributed by atoms with E-state index in [1.165, 1.54) is 5.56 Å². The number of hydrogen-bond donors (Lipinski definition) is 1. The Kier molecular flexibility index (Phi) is 8.35. The Labute approximate surface area is 167 Å². The molecule has 148 valence electrons. The van der Waals surface area contributed by atoms with E-state index in [-0.39, 0.29) is 24.4 Å². The van der Waals surface area contributed by atoms with Crippen LogP contribution in [-0.4, -0.2) is 43.2 Å². The molecule has 1 aliphatic rings. The van der Waals surface area contributed by atoms with Gasteiger partial charge in [0.2, 0.25) is 0 Å². The molecule has 0 saturated carbocycles. The molecule has 0 bridgehead atoms. The van der Waals surface area contributed by atoms with Crippen LogP contribution in [0.1, 0.15) is 42.3 Å². The van der Waals surface area contributed by atoms with Crippen LogP contribution in [0.2, 0.25) is 0 Å². The van der Waals surface area contributed by atoms with Gasteiger partial charge in [-0.05, 0) is 49.9 Å². The number of amides is 1. The minimum atomic E-state index is -0.0400. The van der Waals surface area contributed by atoms with Crippen LogP contribution in [0.5, 0.6) is 0 Å². The molecule has 1 saturated heterocycles. The molecule has 0 atom stereocenters. The van der Waals surface area contributed by atoms with Crippen LogP contribution in [-0.2, 0) is 11.2 Å². The van der Waals surface area contributed by atoms with Crippen LogP contribution >= 0.6 is 12.4 Å². The first-order chi connectivity index (χ1) is 12.7. The second kappa shape index (κ2) is 10.5. The summed E-state index contributed by atoms with van der Waals surface area (Å²) in [6.45, 7) is 4.89. The number of nitrogens with zero attached hydrogens (tertiary/aromatic N) is 1. The molecule has 3 rings (SSSR count). The van der Waals surface area contributed by atoms with Crippen molar-refractivity contribution in [3.63, 3.8) is 0 Å². The summed E-state index contributed by atoms with van der Waals surface area (Å²) in [5.41, 5.74) is 7.76. The van der Waals surface area contributed by atoms with E-state index in [0.29, 0.717) is 32.0 Å². The Balaban J connectivity index is 0.00000261. The van der Waals surface area contributed by atoms with Gasteiger partial charge in [0.25, 0.3) is 5.91 Å². The Morgan fingerprint density at radius 3 is 2.52 bits per heavy atom. The molecule has 0 aliphatic carbocycles. The van der Waals surface area contributed by atoms with Crippen molar-refractivity contribution in [2.75, 3.05) is 26.2 Å². The number of piperidine rings is 1. The lowest BCUT2D eigenvalue weighted by Crippen LogP contribution is -2.40. The lowest BCUT2D eigenvalue weighted by atomic mass is 10.1. The smallest absolute Gasteiger partial charge is 0.289 e. The Morgan fingerprint density at radius 1 is 1.19 bits per heavy atom. The fraction of sp³-hybridized carbons (Fsp3) is 0.476. The maximum Gasteiger partial charge on any atom is 0.289 e. The molecule has 0 unspecified atom stereocenters. The molecule has 1 amide bonds. The number of halogens is 1. The number of benzene rings is 1. The molecule has 5 nitrogen and oxygen atoms in total. The summed E-state index contributed by atoms with van der Waals surface area (Å²) in [6, 6.07) is 11.9. The number of furan rings is 1. The van der Waals surface area contributed by atoms with Crippen LogP contribution in [0.4, 0.5) is 0 Å². The van der Waals surface area contributed by atoms with Gasteiger partial charge in [-0.15, -0.1) is 12.4 Å². The number of nitrogens with two attached hydrogens (primary N) is 1. The van der Waals surface area contributed by atoms with Gasteiger partial charge in [-0.25, -0.2) is 0 Å². The molecule has 1 fully saturated rings. The van der Waals surface area contributed by atoms with Gasteiger partial charge in [-0.2, -0.15) is 0 Å². The summed E-state index contributed by atoms with van der Waals surface area (Å²) in [5.74, 6) is 1.10. The minimum absolute atomic E-state index is 0. The van der Waals surface area contributed by atoms with Crippen molar-refractivity contribution >= 4 is 18.3 Å². The van der Waals surface area contributed by atoms with E-state index in [0.717, 1.165) is 37.0 Å². The summed E-state index contributed by atoms with van der Waals surface area (Å²) in [4.78, 5) is 14.5. The quantitative estimate of drug-likeness (QED) is 0.725. The van der Waals surface area contributed by atoms with Crippen LogP contribution in [0.3, 0.4) is 0 Å². The van der Waals surface area contributed by atoms with E-state index in [1.54, 1.807) is 6.07 Å². The maximum absolute atomic E-state index is 12.7. The number of aryl methyl sites for hydroxylation is 1. The second-order valence-electron chi connectivity index (χ2n) is 6.72. The highest BCUT2D eigenvalue weighted by molar-refractivity contribution is 5.92. The molecule has 1 aromatic heterocycles. The normalized spacial score (nSPS) is 14.8. The van der Waals surface area contributed by atoms with Crippen LogP contribution < -0.4 is 5.73 Å². The summed E-state index contributed by atoms with van der Waals surface area (Å²) in [6.07, 6.45) is 3.85. The second-order valence-corrected chi connectivity index (χ2v) is 6.72. The fourth-order valence-electron chi connectivity index (χ4n) is 3.23. The van der Waals surface area contributed by atoms with Gasteiger partial charge in [0, 0.05) is 25.3 Å². The lowest BCUT2D eigenvalue weighted by Gasteiger charge is -2.31. The van der Waals surface area contributed by atoms with Crippen molar-refractivity contribution in [1.82, 2.24) is 4.90 Å². The Morgan fingerprint density at radius 2 is 1.89 bits per heavy atom. The highest BCUT2D eigenvalue weighted by Gasteiger charge is 2.25. The number of rotatable bonds is 7. The van der Waals surface area contributed by atoms with E-state index >= 15 is 0 Å². The molecule has 1 aromatic carbocycles. The Hall–Kier alpha value is -1.82. The molecule has 0 radical (unpaired) electrons. The first-order valence-electron chi connectivity index (χ1n) is 9.51. The Bertz CT molecular complexity index is 706. The molecule has 2 heterocycles. The van der Waals surface area contributed by atoms with Gasteiger partial charge in [0.15, 0.2) is 5.76 Å². The van der Waals surface area contributed by atoms with E-state index in [2.05, 4.69) is 19.1 Å². The first-order valence-corrected chi connectivity index (χ1v) is 9.51. The lowest BCUT2D eigenvalue weighted by molar-refractivity contribution is 0.00766. The van der Waals surface area contributed by atoms with Gasteiger partial charge in [0.05, 0.1) is 6.10 Å². The summed E-state index contributed by atoms with van der Waals surface area (Å²) >= 11 is 0. The van der Waals surface area contributed by atoms with Gasteiger partial charge < -0.3 is 19.8 Å². The van der Waals surface area contributed by atoms with Gasteiger partial charge in [0.1, 0.15) is 5.76 Å². The third-order valence-corrected chi connectivity index (χ3v) is 4.89. The van der Waals surface area contributed by atoms with E-state index in [9.17, 15) is 4.79 Å². The molecular weight excluding hydrogens is 364 g/mol. The van der Waals surface area contributed by atoms with Gasteiger partial charge in [-0.3, -0.25) is 4.79 Å². The molecular formula is C21H29ClN2O3. The average molecular weight is 393 g/mol. The van der Waals surface area contributed by atoms with E-state index < -0.39 is 0 Å². The highest BCUT2D eigenvalue weighted by atomic mass is 35.5. The SMILES string of the molecule is CCc1ccc(-c2ccc(C(=O)N3CCC(OCCCN)CC3)o2)cc1.Cl. The molecule has 1 aliphatic heterocycles. The van der Waals surface area contributed by atoms with Crippen LogP contribution in [0.25, 0.3) is 11.3 Å². The van der Waals surface area contributed by atoms with Crippen molar-refractivity contribution in [1.29, 1.82) is 0 Å². The number of carbonyl (C=O) groups excluding carboxylic acids is 1. The monoisotopic (exact) mass is 392 g/mol. The highest BCUT2D eigenvalue weighted by Crippen LogP contribution is 2.24. The number of ether oxygens (including phenoxy) is 1. The van der Waals surface area contributed by atoms with Crippen molar-refractivity contribution in [3.8, 4) is 11.3 Å². The summed E-state index contributed by atoms with van der Waals surface area (Å²) in [7, 11) is 0. The van der Waals surface area contributed by atoms with Crippen molar-refractivity contribution in [2.45, 2.75) is 38.7 Å². The first kappa shape index (κ1) is 21.5.